The van der Waals surface area contributed by atoms with Gasteiger partial charge in [-0.1, -0.05) is 31.2 Å². The molecule has 154 valence electrons. The molecule has 5 rings (SSSR count). The minimum Gasteiger partial charge on any atom is -0.363 e. The molecule has 5 atom stereocenters. The van der Waals surface area contributed by atoms with Crippen LogP contribution in [-0.4, -0.2) is 41.1 Å². The molecule has 2 fully saturated rings. The largest absolute Gasteiger partial charge is 0.363 e. The molecule has 0 radical (unpaired) electrons. The molecule has 1 N–H and O–H groups in total. The molecule has 1 saturated heterocycles. The summed E-state index contributed by atoms with van der Waals surface area (Å²) in [5.41, 5.74) is 2.82. The van der Waals surface area contributed by atoms with Crippen LogP contribution in [0.4, 0.5) is 11.6 Å². The van der Waals surface area contributed by atoms with Crippen molar-refractivity contribution in [3.05, 3.63) is 47.8 Å². The number of nitrogens with zero attached hydrogens (tertiary/aromatic N) is 3. The molecule has 1 aliphatic heterocycles. The Morgan fingerprint density at radius 3 is 2.79 bits per heavy atom. The molecule has 2 aliphatic carbocycles. The van der Waals surface area contributed by atoms with Crippen LogP contribution in [-0.2, 0) is 15.9 Å². The van der Waals surface area contributed by atoms with Gasteiger partial charge in [-0.3, -0.25) is 0 Å². The SMILES string of the molecule is C[C@@H]1C[C@@H](N(C)c2cc(N[C@H]3CCc4ccccc43)ncn2)[C@@H]2OC(C)(C)O[C@@H]21. The van der Waals surface area contributed by atoms with Crippen LogP contribution < -0.4 is 10.2 Å². The van der Waals surface area contributed by atoms with E-state index < -0.39 is 5.79 Å². The van der Waals surface area contributed by atoms with Crippen molar-refractivity contribution in [2.45, 2.75) is 70.1 Å². The minimum atomic E-state index is -0.517. The lowest BCUT2D eigenvalue weighted by atomic mass is 10.1. The second kappa shape index (κ2) is 6.96. The Kier molecular flexibility index (Phi) is 4.51. The number of ether oxygens (including phenoxy) is 2. The molecule has 3 aliphatic rings. The minimum absolute atomic E-state index is 0.0677. The summed E-state index contributed by atoms with van der Waals surface area (Å²) in [6.45, 7) is 6.25. The van der Waals surface area contributed by atoms with E-state index >= 15 is 0 Å². The van der Waals surface area contributed by atoms with Crippen LogP contribution in [0.2, 0.25) is 0 Å². The van der Waals surface area contributed by atoms with E-state index in [1.54, 1.807) is 6.33 Å². The number of fused-ring (bicyclic) bond motifs is 2. The highest BCUT2D eigenvalue weighted by atomic mass is 16.8. The Bertz CT molecular complexity index is 902. The summed E-state index contributed by atoms with van der Waals surface area (Å²) in [7, 11) is 2.10. The van der Waals surface area contributed by atoms with Gasteiger partial charge in [0.1, 0.15) is 24.1 Å². The summed E-state index contributed by atoms with van der Waals surface area (Å²) in [5, 5.41) is 3.62. The number of benzene rings is 1. The molecule has 0 bridgehead atoms. The van der Waals surface area contributed by atoms with E-state index in [-0.39, 0.29) is 18.2 Å². The molecule has 6 nitrogen and oxygen atoms in total. The van der Waals surface area contributed by atoms with Crippen molar-refractivity contribution in [1.29, 1.82) is 0 Å². The van der Waals surface area contributed by atoms with Crippen molar-refractivity contribution >= 4 is 11.6 Å². The Hall–Kier alpha value is -2.18. The fourth-order valence-electron chi connectivity index (χ4n) is 5.26. The molecule has 2 heterocycles. The quantitative estimate of drug-likeness (QED) is 0.848. The molecular weight excluding hydrogens is 364 g/mol. The van der Waals surface area contributed by atoms with Crippen molar-refractivity contribution in [2.24, 2.45) is 5.92 Å². The average Bonchev–Trinajstić information content (AvgIpc) is 3.34. The molecule has 1 aromatic carbocycles. The van der Waals surface area contributed by atoms with Crippen LogP contribution in [0.1, 0.15) is 50.8 Å². The average molecular weight is 395 g/mol. The van der Waals surface area contributed by atoms with Gasteiger partial charge in [0.25, 0.3) is 0 Å². The van der Waals surface area contributed by atoms with Crippen molar-refractivity contribution < 1.29 is 9.47 Å². The summed E-state index contributed by atoms with van der Waals surface area (Å²) in [5.74, 6) is 1.73. The number of hydrogen-bond donors (Lipinski definition) is 1. The highest BCUT2D eigenvalue weighted by Crippen LogP contribution is 2.43. The normalized spacial score (nSPS) is 32.1. The summed E-state index contributed by atoms with van der Waals surface area (Å²) < 4.78 is 12.4. The van der Waals surface area contributed by atoms with Crippen LogP contribution in [0.5, 0.6) is 0 Å². The third-order valence-electron chi connectivity index (χ3n) is 6.68. The van der Waals surface area contributed by atoms with Gasteiger partial charge in [-0.25, -0.2) is 9.97 Å². The lowest BCUT2D eigenvalue weighted by Gasteiger charge is -2.30. The predicted octanol–water partition coefficient (Wildman–Crippen LogP) is 3.94. The highest BCUT2D eigenvalue weighted by Gasteiger charge is 2.53. The maximum atomic E-state index is 6.25. The predicted molar refractivity (Wildman–Crippen MR) is 113 cm³/mol. The zero-order valence-electron chi connectivity index (χ0n) is 17.6. The van der Waals surface area contributed by atoms with Gasteiger partial charge >= 0.3 is 0 Å². The first-order chi connectivity index (χ1) is 13.9. The molecule has 0 spiro atoms. The monoisotopic (exact) mass is 394 g/mol. The van der Waals surface area contributed by atoms with Gasteiger partial charge in [-0.2, -0.15) is 0 Å². The maximum Gasteiger partial charge on any atom is 0.163 e. The van der Waals surface area contributed by atoms with Crippen LogP contribution in [0.15, 0.2) is 36.7 Å². The van der Waals surface area contributed by atoms with Crippen molar-refractivity contribution in [2.75, 3.05) is 17.3 Å². The number of likely N-dealkylation sites (N-methyl/N-ethyl adjacent to an activating group) is 1. The number of aryl methyl sites for hydroxylation is 1. The van der Waals surface area contributed by atoms with Gasteiger partial charge < -0.3 is 19.7 Å². The Morgan fingerprint density at radius 2 is 1.93 bits per heavy atom. The van der Waals surface area contributed by atoms with Gasteiger partial charge in [0.15, 0.2) is 5.79 Å². The first-order valence-corrected chi connectivity index (χ1v) is 10.7. The van der Waals surface area contributed by atoms with E-state index in [2.05, 4.69) is 64.5 Å². The van der Waals surface area contributed by atoms with Crippen LogP contribution >= 0.6 is 0 Å². The van der Waals surface area contributed by atoms with Gasteiger partial charge in [0.05, 0.1) is 18.2 Å². The Labute approximate surface area is 172 Å². The molecule has 1 aromatic heterocycles. The van der Waals surface area contributed by atoms with Crippen molar-refractivity contribution in [3.63, 3.8) is 0 Å². The van der Waals surface area contributed by atoms with E-state index in [1.807, 2.05) is 13.8 Å². The number of rotatable bonds is 4. The molecule has 1 saturated carbocycles. The van der Waals surface area contributed by atoms with E-state index in [4.69, 9.17) is 9.47 Å². The molecule has 6 heteroatoms. The van der Waals surface area contributed by atoms with E-state index in [1.165, 1.54) is 11.1 Å². The van der Waals surface area contributed by atoms with E-state index in [0.29, 0.717) is 12.0 Å². The molecule has 0 unspecified atom stereocenters. The van der Waals surface area contributed by atoms with E-state index in [9.17, 15) is 0 Å². The lowest BCUT2D eigenvalue weighted by molar-refractivity contribution is -0.157. The van der Waals surface area contributed by atoms with E-state index in [0.717, 1.165) is 30.9 Å². The second-order valence-corrected chi connectivity index (χ2v) is 9.15. The summed E-state index contributed by atoms with van der Waals surface area (Å²) in [6.07, 6.45) is 5.11. The number of aromatic nitrogens is 2. The van der Waals surface area contributed by atoms with Crippen LogP contribution in [0, 0.1) is 5.92 Å². The van der Waals surface area contributed by atoms with Gasteiger partial charge in [-0.05, 0) is 50.2 Å². The van der Waals surface area contributed by atoms with Crippen molar-refractivity contribution in [1.82, 2.24) is 9.97 Å². The molecule has 29 heavy (non-hydrogen) atoms. The Morgan fingerprint density at radius 1 is 1.14 bits per heavy atom. The topological polar surface area (TPSA) is 59.5 Å². The van der Waals surface area contributed by atoms with Crippen LogP contribution in [0.3, 0.4) is 0 Å². The fraction of sp³-hybridized carbons (Fsp3) is 0.565. The maximum absolute atomic E-state index is 6.25. The van der Waals surface area contributed by atoms with Gasteiger partial charge in [-0.15, -0.1) is 0 Å². The number of nitrogens with one attached hydrogen (secondary N) is 1. The third-order valence-corrected chi connectivity index (χ3v) is 6.68. The second-order valence-electron chi connectivity index (χ2n) is 9.15. The summed E-state index contributed by atoms with van der Waals surface area (Å²) in [6, 6.07) is 11.3. The highest BCUT2D eigenvalue weighted by molar-refractivity contribution is 5.51. The standard InChI is InChI=1S/C23H30N4O2/c1-14-11-18(22-21(14)28-23(2,3)29-22)27(4)20-12-19(24-13-25-20)26-17-10-9-15-7-5-6-8-16(15)17/h5-8,12-14,17-18,21-22H,9-11H2,1-4H3,(H,24,25,26)/t14-,17+,18-,21-,22+/m1/s1. The number of hydrogen-bond acceptors (Lipinski definition) is 6. The smallest absolute Gasteiger partial charge is 0.163 e. The van der Waals surface area contributed by atoms with Gasteiger partial charge in [0, 0.05) is 13.1 Å². The zero-order valence-corrected chi connectivity index (χ0v) is 17.6. The van der Waals surface area contributed by atoms with Crippen molar-refractivity contribution in [3.8, 4) is 0 Å². The lowest BCUT2D eigenvalue weighted by Crippen LogP contribution is -2.41. The Balaban J connectivity index is 1.34. The summed E-state index contributed by atoms with van der Waals surface area (Å²) >= 11 is 0. The summed E-state index contributed by atoms with van der Waals surface area (Å²) in [4.78, 5) is 11.3. The first kappa shape index (κ1) is 18.8. The third kappa shape index (κ3) is 3.38. The first-order valence-electron chi connectivity index (χ1n) is 10.7. The zero-order chi connectivity index (χ0) is 20.2. The van der Waals surface area contributed by atoms with Gasteiger partial charge in [0.2, 0.25) is 0 Å². The van der Waals surface area contributed by atoms with Crippen LogP contribution in [0.25, 0.3) is 0 Å². The molecular formula is C23H30N4O2. The molecule has 2 aromatic rings. The molecule has 0 amide bonds. The number of anilines is 2. The fourth-order valence-corrected chi connectivity index (χ4v) is 5.26.